The van der Waals surface area contributed by atoms with Crippen molar-refractivity contribution in [2.75, 3.05) is 56.3 Å². The SMILES string of the molecule is C.CC.CCC.CCCC.CCCC.CCCCC.CCSC(N)=NPC.CCSc1nc(=O)[nH]c(=O)n1PC.CCSc1nc(=O)n(CC)c(=O)n1PC.CCSc1nc(=O)n(CC)c(=O)n1PC.CPNC(N)=S.I.II.II.II(I)I.I[I-]I.I[I-]I(I)I.O=C=NC(=O)Cl. The third-order valence-electron chi connectivity index (χ3n) is 7.64. The number of aromatic nitrogens is 9. The first-order valence-corrected chi connectivity index (χ1v) is 109. The van der Waals surface area contributed by atoms with Crippen LogP contribution in [0, 0.1) is 0 Å². The number of nitrogens with zero attached hydrogens (tertiary/aromatic N) is 10. The number of thiocarbonyl (C=S) groups is 1. The molecule has 0 fully saturated rings. The summed E-state index contributed by atoms with van der Waals surface area (Å²) in [6, 6.07) is 0. The van der Waals surface area contributed by atoms with Gasteiger partial charge in [-0.25, -0.2) is 47.5 Å². The molecular formula is C49H107ClI17N14O8P5S5-2. The largest absolute Gasteiger partial charge is 0.350 e. The molecule has 0 spiro atoms. The molecule has 3 aromatic heterocycles. The minimum Gasteiger partial charge on any atom is -0.252 e. The molecule has 0 radical (unpaired) electrons. The van der Waals surface area contributed by atoms with Crippen molar-refractivity contribution in [1.82, 2.24) is 47.2 Å². The Labute approximate surface area is 803 Å². The van der Waals surface area contributed by atoms with Gasteiger partial charge < -0.3 is 16.6 Å². The maximum absolute atomic E-state index is 11.8. The molecule has 5 atom stereocenters. The number of rotatable bonds is 19. The van der Waals surface area contributed by atoms with Gasteiger partial charge in [-0.15, -0.1) is 29.0 Å². The average molecular weight is 3530 g/mol. The van der Waals surface area contributed by atoms with E-state index >= 15 is 0 Å². The van der Waals surface area contributed by atoms with Gasteiger partial charge in [0.2, 0.25) is 6.08 Å². The van der Waals surface area contributed by atoms with E-state index in [1.54, 1.807) is 34.3 Å². The molecule has 0 aliphatic rings. The predicted octanol–water partition coefficient (Wildman–Crippen LogP) is 19.2. The zero-order valence-electron chi connectivity index (χ0n) is 58.7. The molecule has 0 aromatic carbocycles. The third-order valence-corrected chi connectivity index (χ3v) is 98.0. The van der Waals surface area contributed by atoms with Crippen LogP contribution >= 0.6 is 378 Å². The van der Waals surface area contributed by atoms with Gasteiger partial charge in [0.1, 0.15) is 0 Å². The summed E-state index contributed by atoms with van der Waals surface area (Å²) in [7, 11) is 1.49. The van der Waals surface area contributed by atoms with Crippen molar-refractivity contribution in [1.29, 1.82) is 0 Å². The second-order valence-corrected chi connectivity index (χ2v) is 154. The summed E-state index contributed by atoms with van der Waals surface area (Å²) in [5, 5.41) is 4.36. The molecule has 99 heavy (non-hydrogen) atoms. The van der Waals surface area contributed by atoms with Gasteiger partial charge in [-0.3, -0.25) is 22.8 Å². The number of amidine groups is 1. The van der Waals surface area contributed by atoms with E-state index in [1.165, 1.54) is 91.0 Å². The van der Waals surface area contributed by atoms with Gasteiger partial charge >= 0.3 is 231 Å². The van der Waals surface area contributed by atoms with Gasteiger partial charge in [-0.2, -0.15) is 15.0 Å². The van der Waals surface area contributed by atoms with Crippen LogP contribution in [0.3, 0.4) is 0 Å². The summed E-state index contributed by atoms with van der Waals surface area (Å²) in [5.41, 5.74) is 8.08. The van der Waals surface area contributed by atoms with Crippen molar-refractivity contribution < 1.29 is 36.1 Å². The molecule has 1 amide bonds. The van der Waals surface area contributed by atoms with Crippen LogP contribution in [-0.2, 0) is 17.9 Å². The van der Waals surface area contributed by atoms with Crippen molar-refractivity contribution in [2.24, 2.45) is 21.2 Å². The smallest absolute Gasteiger partial charge is 0.252 e. The Hall–Kier alpha value is 10.3. The molecule has 0 saturated heterocycles. The molecule has 5 unspecified atom stereocenters. The van der Waals surface area contributed by atoms with Crippen molar-refractivity contribution in [3.05, 3.63) is 62.9 Å². The maximum Gasteiger partial charge on any atom is 0.350 e. The zero-order valence-corrected chi connectivity index (χ0v) is 105. The fourth-order valence-electron chi connectivity index (χ4n) is 3.95. The molecular weight excluding hydrogens is 3420 g/mol. The molecule has 0 bridgehead atoms. The number of aromatic amines is 1. The third kappa shape index (κ3) is 115. The number of carbonyl (C=O) groups excluding carboxylic acids is 2. The van der Waals surface area contributed by atoms with Crippen LogP contribution in [0.4, 0.5) is 4.79 Å². The average Bonchev–Trinajstić information content (AvgIpc) is 0.832. The molecule has 3 heterocycles. The number of hydrogen-bond donors (Lipinski definition) is 4. The number of nitrogens with one attached hydrogen (secondary N) is 2. The molecule has 0 aliphatic heterocycles. The van der Waals surface area contributed by atoms with E-state index in [0.29, 0.717) is 100 Å². The van der Waals surface area contributed by atoms with E-state index in [4.69, 9.17) is 16.3 Å². The van der Waals surface area contributed by atoms with Crippen molar-refractivity contribution in [3.8, 4) is 0 Å². The first-order valence-electron chi connectivity index (χ1n) is 28.3. The number of halogens is 18. The standard InChI is InChI=1S/2C8H14N3O2PS.C6H10N3O2PS.C5H12.C4H11N2PS.2C4H10.C3H8.C2ClNO2.C2H7N2PS.C2H6.CH4.I5.I4.I3.2I2.HI/c2*1-4-10-6(12)9-7(15-5-2)11(14-3)8(10)13;1-3-13-6-8-4(10)7-5(11)9(6)12-2;1-3-5-4-2;1-3-8-4(5)6-7-2;2*1-3-4-2;1-3-2;3-2(6)4-1-5;1-5-4-2(3)6;1-2;;1-4-5(2)3;1-4(2)3;1-3-2;2*1-2;/h2*14H,4-5H2,1-3H3;12H,3H2,1-2H3,(H,7,10,11);3-5H2,1-2H3;7H,3H2,1-2H3,(H2,5,6);2*3-4H2,1-2H3;3H2,1-2H3;;5H,1H3,(H3,3,4,6);1-2H3;1H4;;;;;;1H/q;;;;;;;;;;;;-1;;-1;;;. The van der Waals surface area contributed by atoms with Crippen LogP contribution in [0.1, 0.15) is 170 Å². The minimum absolute atomic E-state index is 0. The van der Waals surface area contributed by atoms with Gasteiger partial charge in [0, 0.05) is 96.3 Å². The minimum atomic E-state index is -1.04. The zero-order chi connectivity index (χ0) is 79.3. The first kappa shape index (κ1) is 144. The Morgan fingerprint density at radius 3 is 1.10 bits per heavy atom. The van der Waals surface area contributed by atoms with E-state index in [9.17, 15) is 33.6 Å². The van der Waals surface area contributed by atoms with Crippen LogP contribution in [0.25, 0.3) is 0 Å². The first-order chi connectivity index (χ1) is 45.9. The Bertz CT molecular complexity index is 2550. The number of hydrogen-bond acceptors (Lipinski definition) is 17. The quantitative estimate of drug-likeness (QED) is 0.00997. The molecule has 50 heteroatoms. The number of isocyanates is 1. The van der Waals surface area contributed by atoms with E-state index in [2.05, 4.69) is 344 Å². The number of carbonyl (C=O) groups is 1. The number of nitrogens with two attached hydrogens (primary N) is 2. The molecule has 0 aliphatic carbocycles. The van der Waals surface area contributed by atoms with Crippen LogP contribution < -0.4 is 77.2 Å². The Balaban J connectivity index is -0.0000000611. The summed E-state index contributed by atoms with van der Waals surface area (Å²) < 4.78 is 10.9. The molecule has 604 valence electrons. The normalized spacial score (nSPS) is 9.66. The summed E-state index contributed by atoms with van der Waals surface area (Å²) in [6.45, 7) is 43.2. The van der Waals surface area contributed by atoms with Gasteiger partial charge in [0.15, 0.2) is 25.7 Å². The molecule has 3 rings (SSSR count). The summed E-state index contributed by atoms with van der Waals surface area (Å²) >= 11 is 44.4. The van der Waals surface area contributed by atoms with E-state index in [1.807, 2.05) is 67.9 Å². The number of H-pyrrole nitrogens is 1. The molecule has 22 nitrogen and oxygen atoms in total. The molecule has 3 aromatic rings. The van der Waals surface area contributed by atoms with Crippen molar-refractivity contribution >= 4 is 399 Å². The Kier molecular flexibility index (Phi) is 180. The topological polar surface area (TPSA) is 304 Å². The second kappa shape index (κ2) is 124. The van der Waals surface area contributed by atoms with Crippen molar-refractivity contribution in [2.45, 2.75) is 198 Å². The summed E-state index contributed by atoms with van der Waals surface area (Å²) in [5.74, 6) is 3.40. The predicted molar refractivity (Wildman–Crippen MR) is 594 cm³/mol. The van der Waals surface area contributed by atoms with Gasteiger partial charge in [0.05, 0.1) is 0 Å². The van der Waals surface area contributed by atoms with Crippen LogP contribution in [0.15, 0.2) is 54.0 Å². The van der Waals surface area contributed by atoms with E-state index in [-0.39, 0.29) is 73.0 Å². The van der Waals surface area contributed by atoms with E-state index in [0.717, 1.165) is 38.2 Å². The summed E-state index contributed by atoms with van der Waals surface area (Å²) in [6.07, 6.45) is 11.6. The monoisotopic (exact) mass is 3530 g/mol. The fourth-order valence-corrected chi connectivity index (χ4v) is 10.4. The Morgan fingerprint density at radius 2 is 0.939 bits per heavy atom. The molecule has 0 saturated carbocycles. The van der Waals surface area contributed by atoms with Gasteiger partial charge in [-0.05, 0) is 129 Å². The number of thioether (sulfide) groups is 4. The maximum atomic E-state index is 11.8. The van der Waals surface area contributed by atoms with Gasteiger partial charge in [0.25, 0.3) is 0 Å². The Morgan fingerprint density at radius 1 is 0.636 bits per heavy atom. The number of unbranched alkanes of at least 4 members (excludes halogenated alkanes) is 4. The van der Waals surface area contributed by atoms with Gasteiger partial charge in [-0.1, -0.05) is 203 Å². The van der Waals surface area contributed by atoms with Crippen LogP contribution in [0.2, 0.25) is 0 Å². The molecule has 6 N–H and O–H groups in total. The van der Waals surface area contributed by atoms with Crippen LogP contribution in [0.5, 0.6) is 0 Å². The van der Waals surface area contributed by atoms with Crippen LogP contribution in [-0.4, -0.2) is 120 Å². The summed E-state index contributed by atoms with van der Waals surface area (Å²) in [4.78, 5) is 103. The van der Waals surface area contributed by atoms with E-state index < -0.39 is 22.4 Å². The number of aliphatic imine (C=N–C) groups is 1. The second-order valence-electron chi connectivity index (χ2n) is 14.3. The fraction of sp³-hybridized carbons (Fsp3) is 0.735. The van der Waals surface area contributed by atoms with Crippen molar-refractivity contribution in [3.63, 3.8) is 0 Å². The number of amides is 1.